The number of rotatable bonds is 8. The lowest BCUT2D eigenvalue weighted by atomic mass is 9.83. The fraction of sp³-hybridized carbons (Fsp3) is 0.256. The van der Waals surface area contributed by atoms with E-state index >= 15 is 0 Å². The van der Waals surface area contributed by atoms with Gasteiger partial charge >= 0.3 is 0 Å². The number of benzene rings is 4. The number of nitrogens with one attached hydrogen (secondary N) is 2. The van der Waals surface area contributed by atoms with Gasteiger partial charge in [-0.2, -0.15) is 0 Å². The maximum absolute atomic E-state index is 11.3. The summed E-state index contributed by atoms with van der Waals surface area (Å²) in [5.74, 6) is 1.92. The first kappa shape index (κ1) is 30.7. The van der Waals surface area contributed by atoms with Gasteiger partial charge in [-0.25, -0.2) is 4.98 Å². The lowest BCUT2D eigenvalue weighted by molar-refractivity contribution is 0.469. The second-order valence-electron chi connectivity index (χ2n) is 13.4. The van der Waals surface area contributed by atoms with Crippen LogP contribution in [0.3, 0.4) is 0 Å². The van der Waals surface area contributed by atoms with Crippen molar-refractivity contribution >= 4 is 11.6 Å². The van der Waals surface area contributed by atoms with E-state index in [9.17, 15) is 10.2 Å². The molecular weight excluding hydrogens is 542 g/mol. The van der Waals surface area contributed by atoms with E-state index in [-0.39, 0.29) is 22.3 Å². The summed E-state index contributed by atoms with van der Waals surface area (Å²) in [5.41, 5.74) is 7.39. The molecule has 5 aromatic rings. The van der Waals surface area contributed by atoms with E-state index in [1.807, 2.05) is 78.9 Å². The lowest BCUT2D eigenvalue weighted by Gasteiger charge is -2.23. The van der Waals surface area contributed by atoms with E-state index < -0.39 is 0 Å². The van der Waals surface area contributed by atoms with Gasteiger partial charge in [0.2, 0.25) is 0 Å². The Morgan fingerprint density at radius 2 is 0.909 bits per heavy atom. The Kier molecular flexibility index (Phi) is 8.68. The quantitative estimate of drug-likeness (QED) is 0.146. The maximum atomic E-state index is 11.3. The summed E-state index contributed by atoms with van der Waals surface area (Å²) in [5, 5.41) is 29.4. The van der Waals surface area contributed by atoms with Crippen LogP contribution in [-0.2, 0) is 23.9 Å². The number of pyridine rings is 1. The van der Waals surface area contributed by atoms with Crippen molar-refractivity contribution in [2.75, 3.05) is 10.6 Å². The molecule has 5 heteroatoms. The van der Waals surface area contributed by atoms with Crippen molar-refractivity contribution in [3.63, 3.8) is 0 Å². The van der Waals surface area contributed by atoms with Crippen LogP contribution in [0.25, 0.3) is 22.3 Å². The van der Waals surface area contributed by atoms with E-state index in [0.717, 1.165) is 44.5 Å². The minimum atomic E-state index is -0.0791. The molecule has 0 amide bonds. The largest absolute Gasteiger partial charge is 0.507 e. The standard InChI is InChI=1S/C39H43N3O2/c1-38(2,3)30-20-28(36(43)32(22-30)26-14-9-7-10-15-26)24-40-34-18-13-19-35(42-34)41-25-29-21-31(39(4,5)6)23-33(37(29)44)27-16-11-8-12-17-27/h7-23,43-44H,24-25H2,1-6H3,(H2,40,41,42). The van der Waals surface area contributed by atoms with Crippen molar-refractivity contribution in [2.45, 2.75) is 65.5 Å². The summed E-state index contributed by atoms with van der Waals surface area (Å²) in [6.45, 7) is 13.9. The highest BCUT2D eigenvalue weighted by molar-refractivity contribution is 5.74. The topological polar surface area (TPSA) is 77.4 Å². The number of phenolic OH excluding ortho intramolecular Hbond substituents is 2. The first-order chi connectivity index (χ1) is 20.9. The molecule has 0 aliphatic carbocycles. The van der Waals surface area contributed by atoms with Gasteiger partial charge in [-0.3, -0.25) is 0 Å². The Hall–Kier alpha value is -4.77. The van der Waals surface area contributed by atoms with Crippen LogP contribution in [0.4, 0.5) is 11.6 Å². The Morgan fingerprint density at radius 1 is 0.523 bits per heavy atom. The number of aromatic nitrogens is 1. The highest BCUT2D eigenvalue weighted by Crippen LogP contribution is 2.39. The fourth-order valence-corrected chi connectivity index (χ4v) is 5.20. The predicted molar refractivity (Wildman–Crippen MR) is 183 cm³/mol. The molecule has 0 aliphatic heterocycles. The van der Waals surface area contributed by atoms with E-state index in [2.05, 4.69) is 76.4 Å². The van der Waals surface area contributed by atoms with Crippen LogP contribution in [0.5, 0.6) is 11.5 Å². The Bertz CT molecular complexity index is 1610. The maximum Gasteiger partial charge on any atom is 0.128 e. The van der Waals surface area contributed by atoms with Crippen molar-refractivity contribution in [1.82, 2.24) is 4.98 Å². The van der Waals surface area contributed by atoms with Gasteiger partial charge in [0.25, 0.3) is 0 Å². The zero-order chi connectivity index (χ0) is 31.5. The average Bonchev–Trinajstić information content (AvgIpc) is 3.00. The minimum Gasteiger partial charge on any atom is -0.507 e. The predicted octanol–water partition coefficient (Wildman–Crippen LogP) is 9.65. The van der Waals surface area contributed by atoms with E-state index in [4.69, 9.17) is 4.98 Å². The molecule has 0 spiro atoms. The molecule has 0 fully saturated rings. The van der Waals surface area contributed by atoms with Gasteiger partial charge < -0.3 is 20.8 Å². The molecule has 1 heterocycles. The van der Waals surface area contributed by atoms with Gasteiger partial charge in [0.05, 0.1) is 0 Å². The second kappa shape index (κ2) is 12.5. The fourth-order valence-electron chi connectivity index (χ4n) is 5.20. The third kappa shape index (κ3) is 7.05. The monoisotopic (exact) mass is 585 g/mol. The number of phenols is 2. The van der Waals surface area contributed by atoms with Crippen LogP contribution in [0.1, 0.15) is 63.8 Å². The molecule has 0 saturated carbocycles. The third-order valence-corrected chi connectivity index (χ3v) is 7.95. The molecule has 0 bridgehead atoms. The Balaban J connectivity index is 1.37. The summed E-state index contributed by atoms with van der Waals surface area (Å²) in [6.07, 6.45) is 0. The molecule has 0 unspecified atom stereocenters. The molecule has 44 heavy (non-hydrogen) atoms. The van der Waals surface area contributed by atoms with Crippen LogP contribution in [0, 0.1) is 0 Å². The molecule has 0 radical (unpaired) electrons. The number of hydrogen-bond acceptors (Lipinski definition) is 5. The van der Waals surface area contributed by atoms with Gasteiger partial charge in [-0.15, -0.1) is 0 Å². The molecule has 0 aliphatic rings. The van der Waals surface area contributed by atoms with Crippen LogP contribution >= 0.6 is 0 Å². The molecule has 5 rings (SSSR count). The van der Waals surface area contributed by atoms with E-state index in [0.29, 0.717) is 24.7 Å². The molecular formula is C39H43N3O2. The average molecular weight is 586 g/mol. The van der Waals surface area contributed by atoms with E-state index in [1.165, 1.54) is 0 Å². The summed E-state index contributed by atoms with van der Waals surface area (Å²) >= 11 is 0. The number of hydrogen-bond donors (Lipinski definition) is 4. The summed E-state index contributed by atoms with van der Waals surface area (Å²) in [6, 6.07) is 34.1. The molecule has 4 N–H and O–H groups in total. The van der Waals surface area contributed by atoms with E-state index in [1.54, 1.807) is 0 Å². The van der Waals surface area contributed by atoms with Crippen LogP contribution < -0.4 is 10.6 Å². The van der Waals surface area contributed by atoms with Gasteiger partial charge in [-0.1, -0.05) is 108 Å². The van der Waals surface area contributed by atoms with Crippen LogP contribution in [-0.4, -0.2) is 15.2 Å². The third-order valence-electron chi connectivity index (χ3n) is 7.95. The summed E-state index contributed by atoms with van der Waals surface area (Å²) in [4.78, 5) is 4.78. The van der Waals surface area contributed by atoms with Crippen molar-refractivity contribution in [2.24, 2.45) is 0 Å². The minimum absolute atomic E-state index is 0.0791. The first-order valence-electron chi connectivity index (χ1n) is 15.2. The lowest BCUT2D eigenvalue weighted by Crippen LogP contribution is -2.13. The van der Waals surface area contributed by atoms with Crippen LogP contribution in [0.15, 0.2) is 103 Å². The number of anilines is 2. The van der Waals surface area contributed by atoms with Gasteiger partial charge in [0.15, 0.2) is 0 Å². The van der Waals surface area contributed by atoms with Crippen molar-refractivity contribution in [3.8, 4) is 33.8 Å². The van der Waals surface area contributed by atoms with Crippen molar-refractivity contribution in [3.05, 3.63) is 125 Å². The zero-order valence-corrected chi connectivity index (χ0v) is 26.6. The molecule has 4 aromatic carbocycles. The van der Waals surface area contributed by atoms with Gasteiger partial charge in [0, 0.05) is 35.3 Å². The second-order valence-corrected chi connectivity index (χ2v) is 13.4. The van der Waals surface area contributed by atoms with Crippen LogP contribution in [0.2, 0.25) is 0 Å². The summed E-state index contributed by atoms with van der Waals surface area (Å²) < 4.78 is 0. The number of aromatic hydroxyl groups is 2. The van der Waals surface area contributed by atoms with Gasteiger partial charge in [-0.05, 0) is 69.5 Å². The highest BCUT2D eigenvalue weighted by Gasteiger charge is 2.21. The normalized spacial score (nSPS) is 11.8. The van der Waals surface area contributed by atoms with Crippen molar-refractivity contribution in [1.29, 1.82) is 0 Å². The molecule has 5 nitrogen and oxygen atoms in total. The number of nitrogens with zero attached hydrogens (tertiary/aromatic N) is 1. The smallest absolute Gasteiger partial charge is 0.128 e. The van der Waals surface area contributed by atoms with Crippen molar-refractivity contribution < 1.29 is 10.2 Å². The SMILES string of the molecule is CC(C)(C)c1cc(CNc2cccc(NCc3cc(C(C)(C)C)cc(-c4ccccc4)c3O)n2)c(O)c(-c2ccccc2)c1. The summed E-state index contributed by atoms with van der Waals surface area (Å²) in [7, 11) is 0. The molecule has 0 atom stereocenters. The highest BCUT2D eigenvalue weighted by atomic mass is 16.3. The zero-order valence-electron chi connectivity index (χ0n) is 26.6. The molecule has 0 saturated heterocycles. The Morgan fingerprint density at radius 3 is 1.27 bits per heavy atom. The first-order valence-corrected chi connectivity index (χ1v) is 15.2. The Labute approximate surface area is 261 Å². The molecule has 1 aromatic heterocycles. The molecule has 226 valence electrons. The van der Waals surface area contributed by atoms with Gasteiger partial charge in [0.1, 0.15) is 23.1 Å².